The molecule has 2 amide bonds. The lowest BCUT2D eigenvalue weighted by molar-refractivity contribution is -0.121. The number of amides is 2. The van der Waals surface area contributed by atoms with Gasteiger partial charge in [-0.2, -0.15) is 0 Å². The zero-order valence-corrected chi connectivity index (χ0v) is 17.0. The Labute approximate surface area is 172 Å². The molecule has 3 rings (SSSR count). The topological polar surface area (TPSA) is 84.7 Å². The van der Waals surface area contributed by atoms with Gasteiger partial charge in [0.15, 0.2) is 0 Å². The summed E-state index contributed by atoms with van der Waals surface area (Å²) in [6.45, 7) is 5.56. The molecule has 3 atom stereocenters. The van der Waals surface area contributed by atoms with E-state index in [0.29, 0.717) is 25.2 Å². The highest BCUT2D eigenvalue weighted by molar-refractivity contribution is 5.94. The predicted octanol–water partition coefficient (Wildman–Crippen LogP) is 2.64. The van der Waals surface area contributed by atoms with Gasteiger partial charge in [0, 0.05) is 37.7 Å². The average molecular weight is 396 g/mol. The minimum atomic E-state index is -0.325. The largest absolute Gasteiger partial charge is 0.372 e. The number of nitrogens with one attached hydrogen (secondary N) is 1. The van der Waals surface area contributed by atoms with Crippen molar-refractivity contribution in [2.24, 2.45) is 5.73 Å². The molecule has 2 aromatic rings. The van der Waals surface area contributed by atoms with E-state index in [1.165, 1.54) is 0 Å². The molecule has 3 N–H and O–H groups in total. The van der Waals surface area contributed by atoms with Crippen LogP contribution in [0.15, 0.2) is 54.6 Å². The number of nitrogens with two attached hydrogens (primary N) is 1. The Kier molecular flexibility index (Phi) is 7.01. The van der Waals surface area contributed by atoms with Gasteiger partial charge in [-0.3, -0.25) is 9.59 Å². The molecule has 3 unspecified atom stereocenters. The predicted molar refractivity (Wildman–Crippen MR) is 112 cm³/mol. The van der Waals surface area contributed by atoms with Crippen molar-refractivity contribution in [1.29, 1.82) is 0 Å². The third-order valence-corrected chi connectivity index (χ3v) is 5.03. The van der Waals surface area contributed by atoms with Gasteiger partial charge in [0.2, 0.25) is 5.91 Å². The first-order valence-electron chi connectivity index (χ1n) is 10.0. The summed E-state index contributed by atoms with van der Waals surface area (Å²) in [5.41, 5.74) is 8.62. The molecular formula is C23H29N3O3. The van der Waals surface area contributed by atoms with Gasteiger partial charge in [0.1, 0.15) is 0 Å². The average Bonchev–Trinajstić information content (AvgIpc) is 2.72. The van der Waals surface area contributed by atoms with E-state index in [0.717, 1.165) is 11.1 Å². The smallest absolute Gasteiger partial charge is 0.254 e. The van der Waals surface area contributed by atoms with E-state index in [-0.39, 0.29) is 36.5 Å². The van der Waals surface area contributed by atoms with Crippen molar-refractivity contribution in [3.8, 4) is 0 Å². The van der Waals surface area contributed by atoms with Crippen LogP contribution in [0.3, 0.4) is 0 Å². The Hall–Kier alpha value is -2.70. The van der Waals surface area contributed by atoms with Crippen molar-refractivity contribution in [1.82, 2.24) is 10.2 Å². The summed E-state index contributed by atoms with van der Waals surface area (Å²) in [5, 5.41) is 2.89. The summed E-state index contributed by atoms with van der Waals surface area (Å²) in [7, 11) is 0. The van der Waals surface area contributed by atoms with Crippen LogP contribution >= 0.6 is 0 Å². The van der Waals surface area contributed by atoms with E-state index >= 15 is 0 Å². The fraction of sp³-hybridized carbons (Fsp3) is 0.391. The highest BCUT2D eigenvalue weighted by Gasteiger charge is 2.26. The number of rotatable bonds is 6. The van der Waals surface area contributed by atoms with Crippen LogP contribution in [0.2, 0.25) is 0 Å². The molecule has 0 radical (unpaired) electrons. The highest BCUT2D eigenvalue weighted by Crippen LogP contribution is 2.16. The Morgan fingerprint density at radius 3 is 2.31 bits per heavy atom. The standard InChI is InChI=1S/C23H29N3O3/c1-16-14-26(15-17(2)29-16)23(28)20-10-8-18(9-11-20)13-25-22(27)12-21(24)19-6-4-3-5-7-19/h3-11,16-17,21H,12-15,24H2,1-2H3,(H,25,27). The molecule has 0 bridgehead atoms. The third kappa shape index (κ3) is 5.89. The SMILES string of the molecule is CC1CN(C(=O)c2ccc(CNC(=O)CC(N)c3ccccc3)cc2)CC(C)O1. The van der Waals surface area contributed by atoms with Gasteiger partial charge in [-0.25, -0.2) is 0 Å². The monoisotopic (exact) mass is 395 g/mol. The van der Waals surface area contributed by atoms with Crippen LogP contribution in [0.5, 0.6) is 0 Å². The van der Waals surface area contributed by atoms with Crippen LogP contribution in [0.1, 0.15) is 47.8 Å². The number of hydrogen-bond donors (Lipinski definition) is 2. The minimum absolute atomic E-state index is 0.0106. The van der Waals surface area contributed by atoms with Crippen LogP contribution in [-0.4, -0.2) is 42.0 Å². The van der Waals surface area contributed by atoms with Crippen LogP contribution in [0, 0.1) is 0 Å². The third-order valence-electron chi connectivity index (χ3n) is 5.03. The number of morpholine rings is 1. The molecule has 1 heterocycles. The van der Waals surface area contributed by atoms with Crippen LogP contribution < -0.4 is 11.1 Å². The van der Waals surface area contributed by atoms with Gasteiger partial charge >= 0.3 is 0 Å². The first-order chi connectivity index (χ1) is 13.9. The molecule has 29 heavy (non-hydrogen) atoms. The first-order valence-corrected chi connectivity index (χ1v) is 10.0. The number of benzene rings is 2. The van der Waals surface area contributed by atoms with Gasteiger partial charge in [-0.1, -0.05) is 42.5 Å². The summed E-state index contributed by atoms with van der Waals surface area (Å²) in [6, 6.07) is 16.6. The Morgan fingerprint density at radius 1 is 1.07 bits per heavy atom. The molecule has 154 valence electrons. The zero-order valence-electron chi connectivity index (χ0n) is 17.0. The van der Waals surface area contributed by atoms with Crippen molar-refractivity contribution in [3.05, 3.63) is 71.3 Å². The molecule has 6 nitrogen and oxygen atoms in total. The molecular weight excluding hydrogens is 366 g/mol. The Balaban J connectivity index is 1.50. The molecule has 6 heteroatoms. The maximum Gasteiger partial charge on any atom is 0.254 e. The Morgan fingerprint density at radius 2 is 1.69 bits per heavy atom. The summed E-state index contributed by atoms with van der Waals surface area (Å²) in [4.78, 5) is 26.7. The lowest BCUT2D eigenvalue weighted by Crippen LogP contribution is -2.48. The summed E-state index contributed by atoms with van der Waals surface area (Å²) in [5.74, 6) is -0.0887. The number of hydrogen-bond acceptors (Lipinski definition) is 4. The lowest BCUT2D eigenvalue weighted by Gasteiger charge is -2.35. The minimum Gasteiger partial charge on any atom is -0.372 e. The summed E-state index contributed by atoms with van der Waals surface area (Å²) in [6.07, 6.45) is 0.312. The lowest BCUT2D eigenvalue weighted by atomic mass is 10.0. The maximum absolute atomic E-state index is 12.7. The Bertz CT molecular complexity index is 813. The van der Waals surface area contributed by atoms with Gasteiger partial charge in [-0.15, -0.1) is 0 Å². The molecule has 0 aliphatic carbocycles. The van der Waals surface area contributed by atoms with E-state index in [1.54, 1.807) is 0 Å². The van der Waals surface area contributed by atoms with E-state index in [4.69, 9.17) is 10.5 Å². The quantitative estimate of drug-likeness (QED) is 0.788. The van der Waals surface area contributed by atoms with Crippen LogP contribution in [0.4, 0.5) is 0 Å². The highest BCUT2D eigenvalue weighted by atomic mass is 16.5. The number of carbonyl (C=O) groups excluding carboxylic acids is 2. The molecule has 0 saturated carbocycles. The summed E-state index contributed by atoms with van der Waals surface area (Å²) >= 11 is 0. The van der Waals surface area contributed by atoms with Gasteiger partial charge < -0.3 is 20.7 Å². The molecule has 0 spiro atoms. The van der Waals surface area contributed by atoms with Gasteiger partial charge in [-0.05, 0) is 37.1 Å². The van der Waals surface area contributed by atoms with Crippen molar-refractivity contribution >= 4 is 11.8 Å². The summed E-state index contributed by atoms with van der Waals surface area (Å²) < 4.78 is 5.69. The molecule has 2 aromatic carbocycles. The van der Waals surface area contributed by atoms with E-state index in [9.17, 15) is 9.59 Å². The molecule has 1 aliphatic heterocycles. The number of ether oxygens (including phenoxy) is 1. The van der Waals surface area contributed by atoms with Crippen LogP contribution in [-0.2, 0) is 16.1 Å². The van der Waals surface area contributed by atoms with Crippen molar-refractivity contribution in [2.75, 3.05) is 13.1 Å². The van der Waals surface area contributed by atoms with Crippen molar-refractivity contribution < 1.29 is 14.3 Å². The second-order valence-corrected chi connectivity index (χ2v) is 7.66. The fourth-order valence-corrected chi connectivity index (χ4v) is 3.58. The fourth-order valence-electron chi connectivity index (χ4n) is 3.58. The van der Waals surface area contributed by atoms with E-state index in [2.05, 4.69) is 5.32 Å². The van der Waals surface area contributed by atoms with Gasteiger partial charge in [0.05, 0.1) is 12.2 Å². The second kappa shape index (κ2) is 9.67. The van der Waals surface area contributed by atoms with Crippen molar-refractivity contribution in [2.45, 2.75) is 45.1 Å². The molecule has 1 saturated heterocycles. The first kappa shape index (κ1) is 21.0. The van der Waals surface area contributed by atoms with Gasteiger partial charge in [0.25, 0.3) is 5.91 Å². The zero-order chi connectivity index (χ0) is 20.8. The normalized spacial score (nSPS) is 20.2. The molecule has 0 aromatic heterocycles. The molecule has 1 aliphatic rings. The van der Waals surface area contributed by atoms with Crippen LogP contribution in [0.25, 0.3) is 0 Å². The maximum atomic E-state index is 12.7. The van der Waals surface area contributed by atoms with E-state index < -0.39 is 0 Å². The number of nitrogens with zero attached hydrogens (tertiary/aromatic N) is 1. The second-order valence-electron chi connectivity index (χ2n) is 7.66. The molecule has 1 fully saturated rings. The van der Waals surface area contributed by atoms with E-state index in [1.807, 2.05) is 73.3 Å². The number of carbonyl (C=O) groups is 2. The van der Waals surface area contributed by atoms with Crippen molar-refractivity contribution in [3.63, 3.8) is 0 Å².